The summed E-state index contributed by atoms with van der Waals surface area (Å²) in [5, 5.41) is 11.5. The third-order valence-electron chi connectivity index (χ3n) is 8.53. The molecular weight excluding hydrogens is 573 g/mol. The van der Waals surface area contributed by atoms with E-state index in [0.29, 0.717) is 45.0 Å². The van der Waals surface area contributed by atoms with E-state index in [1.807, 2.05) is 59.5 Å². The predicted molar refractivity (Wildman–Crippen MR) is 169 cm³/mol. The van der Waals surface area contributed by atoms with Gasteiger partial charge in [0.1, 0.15) is 5.69 Å². The molecule has 0 unspecified atom stereocenters. The normalized spacial score (nSPS) is 17.1. The first-order chi connectivity index (χ1) is 22.0. The number of nitrogens with one attached hydrogen (secondary N) is 2. The fourth-order valence-electron chi connectivity index (χ4n) is 6.04. The summed E-state index contributed by atoms with van der Waals surface area (Å²) in [6.07, 6.45) is 6.49. The summed E-state index contributed by atoms with van der Waals surface area (Å²) in [6, 6.07) is 17.4. The second kappa shape index (κ2) is 12.4. The van der Waals surface area contributed by atoms with Crippen LogP contribution in [0.5, 0.6) is 0 Å². The highest BCUT2D eigenvalue weighted by Crippen LogP contribution is 2.29. The van der Waals surface area contributed by atoms with Crippen LogP contribution in [0.1, 0.15) is 6.42 Å². The average molecular weight is 606 g/mol. The summed E-state index contributed by atoms with van der Waals surface area (Å²) >= 11 is 0. The van der Waals surface area contributed by atoms with Crippen LogP contribution in [0.2, 0.25) is 0 Å². The minimum atomic E-state index is -0.464. The van der Waals surface area contributed by atoms with Crippen LogP contribution in [0.4, 0.5) is 15.8 Å². The van der Waals surface area contributed by atoms with Gasteiger partial charge in [-0.2, -0.15) is 5.10 Å². The number of aromatic amines is 1. The molecule has 0 bridgehead atoms. The van der Waals surface area contributed by atoms with Gasteiger partial charge in [-0.15, -0.1) is 0 Å². The molecule has 2 saturated heterocycles. The Bertz CT molecular complexity index is 1800. The summed E-state index contributed by atoms with van der Waals surface area (Å²) < 4.78 is 13.1. The topological polar surface area (TPSA) is 123 Å². The maximum Gasteiger partial charge on any atom is 0.236 e. The van der Waals surface area contributed by atoms with Crippen LogP contribution in [0.25, 0.3) is 33.5 Å². The Morgan fingerprint density at radius 2 is 1.67 bits per heavy atom. The van der Waals surface area contributed by atoms with Gasteiger partial charge in [0.2, 0.25) is 11.8 Å². The number of hydrogen-bond acceptors (Lipinski definition) is 8. The number of H-pyrrole nitrogens is 1. The molecule has 228 valence electrons. The number of piperazine rings is 1. The highest BCUT2D eigenvalue weighted by molar-refractivity contribution is 5.99. The van der Waals surface area contributed by atoms with E-state index < -0.39 is 5.82 Å². The van der Waals surface area contributed by atoms with Crippen molar-refractivity contribution in [1.29, 1.82) is 0 Å². The summed E-state index contributed by atoms with van der Waals surface area (Å²) in [7, 11) is 0. The monoisotopic (exact) mass is 605 g/mol. The third-order valence-corrected chi connectivity index (χ3v) is 8.53. The molecule has 45 heavy (non-hydrogen) atoms. The van der Waals surface area contributed by atoms with E-state index in [1.54, 1.807) is 12.4 Å². The Balaban J connectivity index is 0.893. The first-order valence-corrected chi connectivity index (χ1v) is 15.0. The number of pyridine rings is 1. The van der Waals surface area contributed by atoms with Crippen molar-refractivity contribution in [3.05, 3.63) is 85.2 Å². The molecule has 2 amide bonds. The largest absolute Gasteiger partial charge is 0.368 e. The van der Waals surface area contributed by atoms with Crippen LogP contribution in [0.15, 0.2) is 79.4 Å². The van der Waals surface area contributed by atoms with Gasteiger partial charge >= 0.3 is 0 Å². The fourth-order valence-corrected chi connectivity index (χ4v) is 6.04. The molecule has 0 radical (unpaired) electrons. The predicted octanol–water partition coefficient (Wildman–Crippen LogP) is 3.83. The van der Waals surface area contributed by atoms with E-state index in [1.165, 1.54) is 0 Å². The molecule has 2 N–H and O–H groups in total. The number of likely N-dealkylation sites (tertiary alicyclic amines) is 1. The lowest BCUT2D eigenvalue weighted by atomic mass is 10.1. The number of hydrogen-bond donors (Lipinski definition) is 2. The number of carbonyl (C=O) groups excluding carboxylic acids is 2. The molecule has 12 heteroatoms. The number of nitrogens with zero attached hydrogens (tertiary/aromatic N) is 7. The third kappa shape index (κ3) is 6.22. The van der Waals surface area contributed by atoms with E-state index in [4.69, 9.17) is 0 Å². The van der Waals surface area contributed by atoms with Crippen LogP contribution in [0.3, 0.4) is 0 Å². The van der Waals surface area contributed by atoms with E-state index in [0.717, 1.165) is 64.6 Å². The number of aromatic nitrogens is 5. The molecule has 0 aliphatic carbocycles. The van der Waals surface area contributed by atoms with E-state index in [-0.39, 0.29) is 17.7 Å². The van der Waals surface area contributed by atoms with Gasteiger partial charge in [0.05, 0.1) is 30.4 Å². The molecule has 2 fully saturated rings. The minimum absolute atomic E-state index is 0.0381. The van der Waals surface area contributed by atoms with Gasteiger partial charge in [-0.3, -0.25) is 24.6 Å². The zero-order chi connectivity index (χ0) is 30.8. The van der Waals surface area contributed by atoms with Gasteiger partial charge < -0.3 is 15.1 Å². The lowest BCUT2D eigenvalue weighted by Gasteiger charge is -2.36. The number of halogens is 1. The molecule has 2 aliphatic heterocycles. The number of amides is 2. The molecule has 2 aliphatic rings. The van der Waals surface area contributed by atoms with Crippen molar-refractivity contribution in [2.75, 3.05) is 56.0 Å². The maximum atomic E-state index is 13.2. The van der Waals surface area contributed by atoms with E-state index in [9.17, 15) is 14.0 Å². The van der Waals surface area contributed by atoms with Crippen LogP contribution < -0.4 is 10.2 Å². The average Bonchev–Trinajstić information content (AvgIpc) is 3.73. The summed E-state index contributed by atoms with van der Waals surface area (Å²) in [6.45, 7) is 4.31. The Kier molecular flexibility index (Phi) is 7.87. The lowest BCUT2D eigenvalue weighted by Crippen LogP contribution is -2.51. The fraction of sp³-hybridized carbons (Fsp3) is 0.273. The van der Waals surface area contributed by atoms with E-state index >= 15 is 0 Å². The zero-order valence-corrected chi connectivity index (χ0v) is 24.6. The number of benzene rings is 2. The molecule has 5 heterocycles. The van der Waals surface area contributed by atoms with Crippen molar-refractivity contribution in [2.45, 2.75) is 6.42 Å². The van der Waals surface area contributed by atoms with Crippen LogP contribution >= 0.6 is 0 Å². The van der Waals surface area contributed by atoms with Gasteiger partial charge in [-0.1, -0.05) is 0 Å². The van der Waals surface area contributed by atoms with Crippen molar-refractivity contribution in [2.24, 2.45) is 5.92 Å². The number of anilines is 2. The lowest BCUT2D eigenvalue weighted by molar-refractivity contribution is -0.132. The Morgan fingerprint density at radius 1 is 0.911 bits per heavy atom. The molecule has 7 rings (SSSR count). The second-order valence-corrected chi connectivity index (χ2v) is 11.4. The Hall–Kier alpha value is -5.23. The smallest absolute Gasteiger partial charge is 0.236 e. The van der Waals surface area contributed by atoms with Gasteiger partial charge in [0.25, 0.3) is 0 Å². The molecule has 1 atom stereocenters. The first kappa shape index (κ1) is 28.5. The summed E-state index contributed by atoms with van der Waals surface area (Å²) in [5.74, 6) is -0.115. The Labute approximate surface area is 259 Å². The second-order valence-electron chi connectivity index (χ2n) is 11.4. The quantitative estimate of drug-likeness (QED) is 0.287. The van der Waals surface area contributed by atoms with Crippen molar-refractivity contribution in [3.8, 4) is 22.6 Å². The van der Waals surface area contributed by atoms with Crippen LogP contribution in [-0.2, 0) is 9.59 Å². The van der Waals surface area contributed by atoms with Crippen molar-refractivity contribution in [3.63, 3.8) is 0 Å². The molecule has 0 saturated carbocycles. The van der Waals surface area contributed by atoms with Gasteiger partial charge in [0.15, 0.2) is 11.6 Å². The summed E-state index contributed by atoms with van der Waals surface area (Å²) in [5.41, 5.74) is 5.24. The summed E-state index contributed by atoms with van der Waals surface area (Å²) in [4.78, 5) is 44.7. The van der Waals surface area contributed by atoms with Crippen LogP contribution in [0, 0.1) is 11.7 Å². The first-order valence-electron chi connectivity index (χ1n) is 15.0. The number of carbonyl (C=O) groups is 2. The van der Waals surface area contributed by atoms with Gasteiger partial charge in [0, 0.05) is 73.0 Å². The standard InChI is InChI=1S/C33H32FN9O2/c34-25-18-36-32(37-19-25)23-1-4-27(5-2-23)42-13-15-43(16-14-42)30(44)21-41-12-9-24(20-41)33(45)38-26-3-6-29-28(17-26)31(40-39-29)22-7-10-35-11-8-22/h1-8,10-11,17-19,24H,9,12-16,20-21H2,(H,38,45)(H,39,40)/t24-/m1/s1. The SMILES string of the molecule is O=C(Nc1ccc2[nH]nc(-c3ccncc3)c2c1)[C@@H]1CCN(CC(=O)N2CCN(c3ccc(-c4ncc(F)cn4)cc3)CC2)C1. The molecule has 5 aromatic rings. The van der Waals surface area contributed by atoms with Gasteiger partial charge in [-0.05, 0) is 67.6 Å². The maximum absolute atomic E-state index is 13.2. The number of rotatable bonds is 7. The number of fused-ring (bicyclic) bond motifs is 1. The molecular formula is C33H32FN9O2. The van der Waals surface area contributed by atoms with Crippen molar-refractivity contribution < 1.29 is 14.0 Å². The Morgan fingerprint density at radius 3 is 2.42 bits per heavy atom. The molecule has 11 nitrogen and oxygen atoms in total. The molecule has 2 aromatic carbocycles. The zero-order valence-electron chi connectivity index (χ0n) is 24.6. The van der Waals surface area contributed by atoms with Crippen molar-refractivity contribution >= 4 is 34.1 Å². The minimum Gasteiger partial charge on any atom is -0.368 e. The van der Waals surface area contributed by atoms with Crippen LogP contribution in [-0.4, -0.2) is 92.6 Å². The molecule has 3 aromatic heterocycles. The van der Waals surface area contributed by atoms with E-state index in [2.05, 4.69) is 40.3 Å². The van der Waals surface area contributed by atoms with Gasteiger partial charge in [-0.25, -0.2) is 14.4 Å². The highest BCUT2D eigenvalue weighted by Gasteiger charge is 2.31. The highest BCUT2D eigenvalue weighted by atomic mass is 19.1. The van der Waals surface area contributed by atoms with Crippen molar-refractivity contribution in [1.82, 2.24) is 34.9 Å². The molecule has 0 spiro atoms.